The van der Waals surface area contributed by atoms with Gasteiger partial charge < -0.3 is 13.6 Å². The summed E-state index contributed by atoms with van der Waals surface area (Å²) < 4.78 is 12.3. The number of hydrogen-bond donors (Lipinski definition) is 0. The lowest BCUT2D eigenvalue weighted by molar-refractivity contribution is 0.669. The van der Waals surface area contributed by atoms with Crippen LogP contribution in [0, 0.1) is 0 Å². The van der Waals surface area contributed by atoms with Crippen LogP contribution in [0.15, 0.2) is 187 Å². The van der Waals surface area contributed by atoms with E-state index in [0.717, 1.165) is 88.3 Å². The highest BCUT2D eigenvalue weighted by Gasteiger charge is 2.16. The summed E-state index contributed by atoms with van der Waals surface area (Å²) in [5.41, 5.74) is 15.1. The van der Waals surface area contributed by atoms with E-state index in [0.29, 0.717) is 0 Å². The largest absolute Gasteiger partial charge is 0.456 e. The van der Waals surface area contributed by atoms with Gasteiger partial charge in [-0.05, 0) is 138 Å². The Morgan fingerprint density at radius 2 is 1.19 bits per heavy atom. The smallest absolute Gasteiger partial charge is 0.135 e. The Hall–Kier alpha value is -7.54. The second-order valence-electron chi connectivity index (χ2n) is 15.0. The lowest BCUT2D eigenvalue weighted by atomic mass is 9.97. The molecule has 0 saturated heterocycles. The Labute approximate surface area is 343 Å². The average molecular weight is 775 g/mol. The minimum absolute atomic E-state index is 0.873. The van der Waals surface area contributed by atoms with Gasteiger partial charge in [0.2, 0.25) is 0 Å². The molecular formula is C53H34N4OS. The molecule has 0 aliphatic heterocycles. The summed E-state index contributed by atoms with van der Waals surface area (Å²) in [5, 5.41) is 5.73. The molecular weight excluding hydrogens is 741 g/mol. The Morgan fingerprint density at radius 3 is 2.00 bits per heavy atom. The molecule has 0 aliphatic rings. The molecule has 0 unspecified atom stereocenters. The van der Waals surface area contributed by atoms with Gasteiger partial charge in [0.25, 0.3) is 0 Å². The first-order chi connectivity index (χ1) is 29.2. The topological polar surface area (TPSA) is 48.8 Å². The van der Waals surface area contributed by atoms with Crippen molar-refractivity contribution in [2.75, 3.05) is 0 Å². The molecule has 6 aromatic carbocycles. The van der Waals surface area contributed by atoms with Crippen molar-refractivity contribution >= 4 is 99.0 Å². The highest BCUT2D eigenvalue weighted by atomic mass is 32.1. The van der Waals surface area contributed by atoms with Crippen LogP contribution < -0.4 is 0 Å². The summed E-state index contributed by atoms with van der Waals surface area (Å²) in [7, 11) is 0. The standard InChI is InChI=1S/C53H34N4OS/c1-2-38(56-45-14-5-3-12-41(45)52-47(56)16-8-26-54-52)20-22-40-30-37-29-35(19-25-51(37)59-40)33-10-7-11-34(28-33)36-18-23-49-43(31-36)44-32-39(21-24-50(44)58-49)57-46-15-6-4-13-42(46)53-48(57)17-9-27-55-53/h2-32H,1H3/b22-20-,38-2+. The predicted octanol–water partition coefficient (Wildman–Crippen LogP) is 14.7. The first-order valence-electron chi connectivity index (χ1n) is 19.8. The molecule has 0 fully saturated rings. The van der Waals surface area contributed by atoms with Crippen molar-refractivity contribution in [2.45, 2.75) is 6.92 Å². The van der Waals surface area contributed by atoms with Crippen LogP contribution in [-0.2, 0) is 0 Å². The Kier molecular flexibility index (Phi) is 7.55. The second kappa shape index (κ2) is 13.3. The van der Waals surface area contributed by atoms with Crippen molar-refractivity contribution in [1.29, 1.82) is 0 Å². The third kappa shape index (κ3) is 5.38. The summed E-state index contributed by atoms with van der Waals surface area (Å²) in [5.74, 6) is 0. The average Bonchev–Trinajstić information content (AvgIpc) is 4.05. The first kappa shape index (κ1) is 33.6. The van der Waals surface area contributed by atoms with Crippen molar-refractivity contribution in [3.05, 3.63) is 187 Å². The lowest BCUT2D eigenvalue weighted by Crippen LogP contribution is -1.94. The Bertz CT molecular complexity index is 3600. The van der Waals surface area contributed by atoms with Gasteiger partial charge in [-0.2, -0.15) is 0 Å². The fourth-order valence-corrected chi connectivity index (χ4v) is 9.83. The normalized spacial score (nSPS) is 12.5. The number of furan rings is 1. The molecule has 0 bridgehead atoms. The van der Waals surface area contributed by atoms with Crippen molar-refractivity contribution in [3.63, 3.8) is 0 Å². The first-order valence-corrected chi connectivity index (χ1v) is 20.6. The molecule has 0 spiro atoms. The van der Waals surface area contributed by atoms with Crippen LogP contribution in [0.2, 0.25) is 0 Å². The van der Waals surface area contributed by atoms with Gasteiger partial charge in [-0.1, -0.05) is 72.8 Å². The van der Waals surface area contributed by atoms with Gasteiger partial charge in [-0.15, -0.1) is 11.3 Å². The van der Waals surface area contributed by atoms with Crippen molar-refractivity contribution < 1.29 is 4.42 Å². The van der Waals surface area contributed by atoms with Crippen LogP contribution in [0.4, 0.5) is 0 Å². The molecule has 0 saturated carbocycles. The second-order valence-corrected chi connectivity index (χ2v) is 16.1. The van der Waals surface area contributed by atoms with Crippen LogP contribution >= 0.6 is 11.3 Å². The minimum Gasteiger partial charge on any atom is -0.456 e. The van der Waals surface area contributed by atoms with E-state index >= 15 is 0 Å². The molecule has 6 heteroatoms. The quantitative estimate of drug-likeness (QED) is 0.158. The molecule has 0 N–H and O–H groups in total. The van der Waals surface area contributed by atoms with Crippen molar-refractivity contribution in [3.8, 4) is 27.9 Å². The molecule has 0 aliphatic carbocycles. The van der Waals surface area contributed by atoms with Gasteiger partial charge in [0.05, 0.1) is 33.1 Å². The highest BCUT2D eigenvalue weighted by Crippen LogP contribution is 2.38. The van der Waals surface area contributed by atoms with E-state index in [9.17, 15) is 0 Å². The number of pyridine rings is 2. The SMILES string of the molecule is C/C=C(\C=C/c1cc2cc(-c3cccc(-c4ccc5oc6ccc(-n7c8ccccc8c8ncccc87)cc6c5c4)c3)ccc2s1)n1c2ccccc2c2ncccc21. The molecule has 12 rings (SSSR count). The summed E-state index contributed by atoms with van der Waals surface area (Å²) in [6, 6.07) is 56.3. The summed E-state index contributed by atoms with van der Waals surface area (Å²) in [6.45, 7) is 2.10. The van der Waals surface area contributed by atoms with Crippen LogP contribution in [0.5, 0.6) is 0 Å². The van der Waals surface area contributed by atoms with Gasteiger partial charge in [-0.3, -0.25) is 9.97 Å². The fraction of sp³-hybridized carbons (Fsp3) is 0.0189. The number of para-hydroxylation sites is 2. The van der Waals surface area contributed by atoms with Crippen LogP contribution in [-0.4, -0.2) is 19.1 Å². The minimum atomic E-state index is 0.873. The molecule has 59 heavy (non-hydrogen) atoms. The monoisotopic (exact) mass is 774 g/mol. The number of benzene rings is 6. The lowest BCUT2D eigenvalue weighted by Gasteiger charge is -2.08. The number of allylic oxidation sites excluding steroid dienone is 3. The third-order valence-electron chi connectivity index (χ3n) is 11.6. The maximum absolute atomic E-state index is 6.38. The summed E-state index contributed by atoms with van der Waals surface area (Å²) in [4.78, 5) is 10.7. The molecule has 0 amide bonds. The van der Waals surface area contributed by atoms with Gasteiger partial charge in [0.15, 0.2) is 0 Å². The molecule has 6 aromatic heterocycles. The van der Waals surface area contributed by atoms with Crippen molar-refractivity contribution in [2.24, 2.45) is 0 Å². The van der Waals surface area contributed by atoms with E-state index in [1.54, 1.807) is 0 Å². The van der Waals surface area contributed by atoms with E-state index < -0.39 is 0 Å². The third-order valence-corrected chi connectivity index (χ3v) is 12.7. The molecule has 278 valence electrons. The zero-order valence-corrected chi connectivity index (χ0v) is 32.8. The van der Waals surface area contributed by atoms with E-state index in [1.165, 1.54) is 26.1 Å². The maximum atomic E-state index is 6.38. The van der Waals surface area contributed by atoms with Gasteiger partial charge in [0, 0.05) is 54.9 Å². The van der Waals surface area contributed by atoms with Gasteiger partial charge in [-0.25, -0.2) is 0 Å². The van der Waals surface area contributed by atoms with Gasteiger partial charge in [0.1, 0.15) is 11.2 Å². The van der Waals surface area contributed by atoms with E-state index in [1.807, 2.05) is 35.9 Å². The number of nitrogens with zero attached hydrogens (tertiary/aromatic N) is 4. The fourth-order valence-electron chi connectivity index (χ4n) is 8.88. The summed E-state index contributed by atoms with van der Waals surface area (Å²) >= 11 is 1.81. The number of aromatic nitrogens is 4. The van der Waals surface area contributed by atoms with Crippen LogP contribution in [0.1, 0.15) is 11.8 Å². The number of rotatable bonds is 6. The number of fused-ring (bicyclic) bond motifs is 10. The molecule has 6 heterocycles. The van der Waals surface area contributed by atoms with Crippen molar-refractivity contribution in [1.82, 2.24) is 19.1 Å². The molecule has 0 atom stereocenters. The van der Waals surface area contributed by atoms with E-state index in [4.69, 9.17) is 14.4 Å². The molecule has 12 aromatic rings. The Balaban J connectivity index is 0.874. The Morgan fingerprint density at radius 1 is 0.542 bits per heavy atom. The maximum Gasteiger partial charge on any atom is 0.135 e. The molecule has 5 nitrogen and oxygen atoms in total. The molecule has 0 radical (unpaired) electrons. The van der Waals surface area contributed by atoms with Crippen LogP contribution in [0.3, 0.4) is 0 Å². The highest BCUT2D eigenvalue weighted by molar-refractivity contribution is 7.19. The predicted molar refractivity (Wildman–Crippen MR) is 248 cm³/mol. The van der Waals surface area contributed by atoms with E-state index in [2.05, 4.69) is 180 Å². The number of hydrogen-bond acceptors (Lipinski definition) is 4. The number of thiophene rings is 1. The zero-order chi connectivity index (χ0) is 39.0. The van der Waals surface area contributed by atoms with Crippen LogP contribution in [0.25, 0.3) is 116 Å². The summed E-state index contributed by atoms with van der Waals surface area (Å²) in [6.07, 6.45) is 10.4. The zero-order valence-electron chi connectivity index (χ0n) is 32.0. The van der Waals surface area contributed by atoms with E-state index in [-0.39, 0.29) is 0 Å². The van der Waals surface area contributed by atoms with Gasteiger partial charge >= 0.3 is 0 Å².